The van der Waals surface area contributed by atoms with Crippen LogP contribution in [0.25, 0.3) is 0 Å². The van der Waals surface area contributed by atoms with E-state index in [2.05, 4.69) is 42.6 Å². The van der Waals surface area contributed by atoms with Crippen LogP contribution in [-0.4, -0.2) is 23.1 Å². The quantitative estimate of drug-likeness (QED) is 0.918. The zero-order chi connectivity index (χ0) is 14.8. The third-order valence-corrected chi connectivity index (χ3v) is 4.74. The van der Waals surface area contributed by atoms with Crippen molar-refractivity contribution in [2.75, 3.05) is 18.0 Å². The molecule has 1 aliphatic rings. The van der Waals surface area contributed by atoms with Gasteiger partial charge in [0.05, 0.1) is 17.6 Å². The maximum atomic E-state index is 5.89. The van der Waals surface area contributed by atoms with Crippen molar-refractivity contribution in [1.82, 2.24) is 9.97 Å². The zero-order valence-corrected chi connectivity index (χ0v) is 13.3. The monoisotopic (exact) mass is 276 g/mol. The molecule has 0 bridgehead atoms. The lowest BCUT2D eigenvalue weighted by Gasteiger charge is -2.40. The Hall–Kier alpha value is -1.16. The minimum Gasteiger partial charge on any atom is -0.369 e. The van der Waals surface area contributed by atoms with Gasteiger partial charge in [-0.1, -0.05) is 34.1 Å². The lowest BCUT2D eigenvalue weighted by atomic mass is 9.78. The van der Waals surface area contributed by atoms with Crippen molar-refractivity contribution < 1.29 is 0 Å². The first-order valence-electron chi connectivity index (χ1n) is 7.80. The molecule has 4 nitrogen and oxygen atoms in total. The van der Waals surface area contributed by atoms with Gasteiger partial charge in [0.15, 0.2) is 0 Å². The van der Waals surface area contributed by atoms with E-state index in [4.69, 9.17) is 5.73 Å². The van der Waals surface area contributed by atoms with E-state index in [0.717, 1.165) is 30.3 Å². The molecule has 0 saturated carbocycles. The minimum atomic E-state index is 0.346. The summed E-state index contributed by atoms with van der Waals surface area (Å²) >= 11 is 0. The first-order chi connectivity index (χ1) is 9.49. The highest BCUT2D eigenvalue weighted by Gasteiger charge is 2.29. The highest BCUT2D eigenvalue weighted by molar-refractivity contribution is 5.49. The fourth-order valence-corrected chi connectivity index (χ4v) is 2.76. The van der Waals surface area contributed by atoms with Gasteiger partial charge >= 0.3 is 0 Å². The molecule has 0 aromatic carbocycles. The second kappa shape index (κ2) is 6.08. The van der Waals surface area contributed by atoms with Gasteiger partial charge in [0.1, 0.15) is 5.82 Å². The molecule has 2 N–H and O–H groups in total. The fourth-order valence-electron chi connectivity index (χ4n) is 2.76. The molecule has 4 heteroatoms. The van der Waals surface area contributed by atoms with Crippen LogP contribution in [0.1, 0.15) is 64.4 Å². The molecular formula is C16H28N4. The molecular weight excluding hydrogens is 248 g/mol. The largest absolute Gasteiger partial charge is 0.369 e. The molecule has 0 amide bonds. The molecule has 1 aromatic rings. The van der Waals surface area contributed by atoms with Gasteiger partial charge < -0.3 is 10.6 Å². The first kappa shape index (κ1) is 15.2. The SMILES string of the molecule is CCC1(C)CCN(c2cnc(C(C)C)nc2CN)CC1. The van der Waals surface area contributed by atoms with E-state index in [1.54, 1.807) is 0 Å². The van der Waals surface area contributed by atoms with Gasteiger partial charge in [-0.25, -0.2) is 9.97 Å². The van der Waals surface area contributed by atoms with Crippen LogP contribution in [0, 0.1) is 5.41 Å². The average Bonchev–Trinajstić information content (AvgIpc) is 2.47. The van der Waals surface area contributed by atoms with E-state index < -0.39 is 0 Å². The lowest BCUT2D eigenvalue weighted by molar-refractivity contribution is 0.238. The van der Waals surface area contributed by atoms with Gasteiger partial charge in [0, 0.05) is 25.6 Å². The number of rotatable bonds is 4. The number of piperidine rings is 1. The number of nitrogens with two attached hydrogens (primary N) is 1. The van der Waals surface area contributed by atoms with E-state index >= 15 is 0 Å². The minimum absolute atomic E-state index is 0.346. The standard InChI is InChI=1S/C16H28N4/c1-5-16(4)6-8-20(9-7-16)14-11-18-15(12(2)3)19-13(14)10-17/h11-12H,5-10,17H2,1-4H3. The molecule has 2 rings (SSSR count). The number of aromatic nitrogens is 2. The van der Waals surface area contributed by atoms with E-state index in [-0.39, 0.29) is 0 Å². The fraction of sp³-hybridized carbons (Fsp3) is 0.750. The summed E-state index contributed by atoms with van der Waals surface area (Å²) in [5, 5.41) is 0. The molecule has 0 radical (unpaired) electrons. The summed E-state index contributed by atoms with van der Waals surface area (Å²) in [4.78, 5) is 11.6. The van der Waals surface area contributed by atoms with Crippen molar-refractivity contribution in [3.8, 4) is 0 Å². The number of anilines is 1. The smallest absolute Gasteiger partial charge is 0.131 e. The summed E-state index contributed by atoms with van der Waals surface area (Å²) in [6, 6.07) is 0. The van der Waals surface area contributed by atoms with Gasteiger partial charge in [0.2, 0.25) is 0 Å². The molecule has 20 heavy (non-hydrogen) atoms. The highest BCUT2D eigenvalue weighted by Crippen LogP contribution is 2.36. The molecule has 1 aliphatic heterocycles. The highest BCUT2D eigenvalue weighted by atomic mass is 15.2. The summed E-state index contributed by atoms with van der Waals surface area (Å²) in [6.07, 6.45) is 5.70. The van der Waals surface area contributed by atoms with Crippen LogP contribution in [0.5, 0.6) is 0 Å². The molecule has 0 aliphatic carbocycles. The number of hydrogen-bond acceptors (Lipinski definition) is 4. The summed E-state index contributed by atoms with van der Waals surface area (Å²) in [5.74, 6) is 1.24. The van der Waals surface area contributed by atoms with Crippen LogP contribution < -0.4 is 10.6 Å². The maximum absolute atomic E-state index is 5.89. The first-order valence-corrected chi connectivity index (χ1v) is 7.80. The van der Waals surface area contributed by atoms with Crippen LogP contribution in [0.4, 0.5) is 5.69 Å². The molecule has 0 spiro atoms. The Balaban J connectivity index is 2.17. The van der Waals surface area contributed by atoms with Crippen molar-refractivity contribution in [3.05, 3.63) is 17.7 Å². The topological polar surface area (TPSA) is 55.0 Å². The lowest BCUT2D eigenvalue weighted by Crippen LogP contribution is -2.39. The van der Waals surface area contributed by atoms with Gasteiger partial charge in [-0.15, -0.1) is 0 Å². The molecule has 2 heterocycles. The normalized spacial score (nSPS) is 18.6. The molecule has 1 aromatic heterocycles. The van der Waals surface area contributed by atoms with Crippen LogP contribution in [0.3, 0.4) is 0 Å². The Labute approximate surface area is 122 Å². The molecule has 1 saturated heterocycles. The van der Waals surface area contributed by atoms with Crippen molar-refractivity contribution >= 4 is 5.69 Å². The summed E-state index contributed by atoms with van der Waals surface area (Å²) in [6.45, 7) is 11.6. The predicted octanol–water partition coefficient (Wildman–Crippen LogP) is 3.08. The van der Waals surface area contributed by atoms with E-state index in [1.807, 2.05) is 6.20 Å². The van der Waals surface area contributed by atoms with Crippen LogP contribution in [0.2, 0.25) is 0 Å². The third-order valence-electron chi connectivity index (χ3n) is 4.74. The second-order valence-corrected chi connectivity index (χ2v) is 6.57. The molecule has 112 valence electrons. The molecule has 0 unspecified atom stereocenters. The summed E-state index contributed by atoms with van der Waals surface area (Å²) < 4.78 is 0. The van der Waals surface area contributed by atoms with Crippen LogP contribution in [0.15, 0.2) is 6.20 Å². The number of hydrogen-bond donors (Lipinski definition) is 1. The number of nitrogens with zero attached hydrogens (tertiary/aromatic N) is 3. The zero-order valence-electron chi connectivity index (χ0n) is 13.3. The van der Waals surface area contributed by atoms with Crippen molar-refractivity contribution in [1.29, 1.82) is 0 Å². The maximum Gasteiger partial charge on any atom is 0.131 e. The van der Waals surface area contributed by atoms with E-state index in [1.165, 1.54) is 19.3 Å². The van der Waals surface area contributed by atoms with Crippen molar-refractivity contribution in [2.45, 2.75) is 59.4 Å². The summed E-state index contributed by atoms with van der Waals surface area (Å²) in [5.41, 5.74) is 8.51. The van der Waals surface area contributed by atoms with Crippen LogP contribution in [-0.2, 0) is 6.54 Å². The van der Waals surface area contributed by atoms with Gasteiger partial charge in [-0.2, -0.15) is 0 Å². The van der Waals surface area contributed by atoms with Crippen molar-refractivity contribution in [3.63, 3.8) is 0 Å². The van der Waals surface area contributed by atoms with Gasteiger partial charge in [0.25, 0.3) is 0 Å². The van der Waals surface area contributed by atoms with E-state index in [9.17, 15) is 0 Å². The Bertz CT molecular complexity index is 448. The Kier molecular flexibility index (Phi) is 4.63. The van der Waals surface area contributed by atoms with Crippen molar-refractivity contribution in [2.24, 2.45) is 11.1 Å². The molecule has 1 fully saturated rings. The van der Waals surface area contributed by atoms with E-state index in [0.29, 0.717) is 17.9 Å². The van der Waals surface area contributed by atoms with Crippen LogP contribution >= 0.6 is 0 Å². The second-order valence-electron chi connectivity index (χ2n) is 6.57. The Morgan fingerprint density at radius 1 is 1.35 bits per heavy atom. The molecule has 0 atom stereocenters. The average molecular weight is 276 g/mol. The Morgan fingerprint density at radius 2 is 2.00 bits per heavy atom. The third kappa shape index (κ3) is 3.11. The van der Waals surface area contributed by atoms with Gasteiger partial charge in [-0.3, -0.25) is 0 Å². The predicted molar refractivity (Wildman–Crippen MR) is 83.9 cm³/mol. The van der Waals surface area contributed by atoms with Gasteiger partial charge in [-0.05, 0) is 18.3 Å². The Morgan fingerprint density at radius 3 is 2.50 bits per heavy atom. The summed E-state index contributed by atoms with van der Waals surface area (Å²) in [7, 11) is 0.